The molecule has 12 heavy (non-hydrogen) atoms. The largest absolute Gasteiger partial charge is 0 e. The molecular weight excluding hydrogens is 355 g/mol. The van der Waals surface area contributed by atoms with Gasteiger partial charge in [-0.05, 0) is 0 Å². The van der Waals surface area contributed by atoms with Crippen LogP contribution in [0.25, 0.3) is 0 Å². The van der Waals surface area contributed by atoms with Gasteiger partial charge in [-0.1, -0.05) is 0 Å². The molecule has 0 amide bonds. The number of carboxylic acid groups (broad SMARTS) is 2. The summed E-state index contributed by atoms with van der Waals surface area (Å²) in [5.41, 5.74) is 0. The van der Waals surface area contributed by atoms with Crippen LogP contribution in [-0.4, -0.2) is 90.7 Å². The smallest absolute Gasteiger partial charge is 0 e. The van der Waals surface area contributed by atoms with Crippen LogP contribution in [0.15, 0.2) is 0 Å². The molecule has 2 atom stereocenters. The molecule has 0 rings (SSSR count). The van der Waals surface area contributed by atoms with Crippen LogP contribution in [0, 0.1) is 0 Å². The summed E-state index contributed by atoms with van der Waals surface area (Å²) in [7, 11) is 0. The van der Waals surface area contributed by atoms with E-state index < -0.39 is 24.1 Å². The van der Waals surface area contributed by atoms with E-state index >= 15 is 0 Å². The molecule has 8 heteroatoms. The van der Waals surface area contributed by atoms with Gasteiger partial charge in [-0.25, -0.2) is 9.59 Å². The van der Waals surface area contributed by atoms with Crippen LogP contribution in [0.4, 0.5) is 0 Å². The van der Waals surface area contributed by atoms with Gasteiger partial charge in [0.25, 0.3) is 0 Å². The van der Waals surface area contributed by atoms with E-state index in [4.69, 9.17) is 20.4 Å². The summed E-state index contributed by atoms with van der Waals surface area (Å²) in [5.74, 6) is -3.54. The van der Waals surface area contributed by atoms with Gasteiger partial charge in [0, 0.05) is 27.3 Å². The SMILES string of the molecule is O=C(O)C(O)C(O)C(=O)O.[LiH].[Tl]. The van der Waals surface area contributed by atoms with Gasteiger partial charge in [-0.3, -0.25) is 0 Å². The molecule has 0 heterocycles. The van der Waals surface area contributed by atoms with Crippen molar-refractivity contribution in [3.05, 3.63) is 0 Å². The number of aliphatic carboxylic acids is 2. The van der Waals surface area contributed by atoms with Crippen LogP contribution in [0.1, 0.15) is 0 Å². The van der Waals surface area contributed by atoms with E-state index in [1.54, 1.807) is 0 Å². The number of carboxylic acids is 2. The fourth-order valence-electron chi connectivity index (χ4n) is 0.270. The number of hydrogen-bond acceptors (Lipinski definition) is 4. The van der Waals surface area contributed by atoms with Crippen LogP contribution in [0.3, 0.4) is 0 Å². The number of hydrogen-bond donors (Lipinski definition) is 4. The maximum absolute atomic E-state index is 9.77. The van der Waals surface area contributed by atoms with Crippen molar-refractivity contribution < 1.29 is 30.0 Å². The molecule has 0 spiro atoms. The zero-order valence-corrected chi connectivity index (χ0v) is 9.83. The zero-order valence-electron chi connectivity index (χ0n) is 5.34. The second-order valence-electron chi connectivity index (χ2n) is 1.57. The average molecular weight is 362 g/mol. The van der Waals surface area contributed by atoms with Crippen LogP contribution >= 0.6 is 0 Å². The Bertz CT molecular complexity index is 144. The topological polar surface area (TPSA) is 115 Å². The Morgan fingerprint density at radius 3 is 1.17 bits per heavy atom. The molecule has 0 saturated heterocycles. The predicted octanol–water partition coefficient (Wildman–Crippen LogP) is -3.15. The predicted molar refractivity (Wildman–Crippen MR) is 40.2 cm³/mol. The van der Waals surface area contributed by atoms with Crippen LogP contribution < -0.4 is 0 Å². The number of rotatable bonds is 3. The molecule has 0 aliphatic rings. The quantitative estimate of drug-likeness (QED) is 0.394. The van der Waals surface area contributed by atoms with Crippen molar-refractivity contribution in [3.8, 4) is 0 Å². The third kappa shape index (κ3) is 5.96. The summed E-state index contributed by atoms with van der Waals surface area (Å²) < 4.78 is 0. The molecule has 4 N–H and O–H groups in total. The first kappa shape index (κ1) is 18.2. The van der Waals surface area contributed by atoms with Gasteiger partial charge >= 0.3 is 30.8 Å². The number of carbonyl (C=O) groups is 2. The fraction of sp³-hybridized carbons (Fsp3) is 0.500. The zero-order chi connectivity index (χ0) is 8.31. The second kappa shape index (κ2) is 8.00. The molecule has 0 aromatic heterocycles. The van der Waals surface area contributed by atoms with Gasteiger partial charge in [0.1, 0.15) is 0 Å². The Labute approximate surface area is 99.9 Å². The first-order chi connectivity index (χ1) is 4.46. The van der Waals surface area contributed by atoms with E-state index in [1.807, 2.05) is 0 Å². The van der Waals surface area contributed by atoms with Crippen molar-refractivity contribution in [2.45, 2.75) is 12.2 Å². The van der Waals surface area contributed by atoms with E-state index in [2.05, 4.69) is 0 Å². The maximum Gasteiger partial charge on any atom is 0 e. The Morgan fingerprint density at radius 2 is 1.08 bits per heavy atom. The van der Waals surface area contributed by atoms with Crippen molar-refractivity contribution >= 4 is 58.1 Å². The minimum Gasteiger partial charge on any atom is 0 e. The van der Waals surface area contributed by atoms with Gasteiger partial charge in [-0.2, -0.15) is 0 Å². The van der Waals surface area contributed by atoms with Gasteiger partial charge in [0.15, 0.2) is 12.2 Å². The molecule has 0 fully saturated rings. The van der Waals surface area contributed by atoms with Crippen molar-refractivity contribution in [2.24, 2.45) is 0 Å². The molecule has 2 unspecified atom stereocenters. The molecule has 0 aromatic carbocycles. The van der Waals surface area contributed by atoms with Gasteiger partial charge in [0.2, 0.25) is 0 Å². The Hall–Kier alpha value is 0.379. The van der Waals surface area contributed by atoms with Crippen molar-refractivity contribution in [1.82, 2.24) is 0 Å². The molecule has 0 bridgehead atoms. The third-order valence-corrected chi connectivity index (χ3v) is 0.805. The Kier molecular flexibility index (Phi) is 12.1. The minimum absolute atomic E-state index is 0. The van der Waals surface area contributed by atoms with Crippen LogP contribution in [0.5, 0.6) is 0 Å². The molecule has 63 valence electrons. The van der Waals surface area contributed by atoms with Crippen LogP contribution in [-0.2, 0) is 9.59 Å². The van der Waals surface area contributed by atoms with E-state index in [9.17, 15) is 9.59 Å². The maximum atomic E-state index is 9.77. The molecule has 1 radical (unpaired) electrons. The molecular formula is C4H7LiO6Tl. The van der Waals surface area contributed by atoms with Crippen molar-refractivity contribution in [3.63, 3.8) is 0 Å². The minimum atomic E-state index is -2.27. The van der Waals surface area contributed by atoms with Gasteiger partial charge < -0.3 is 20.4 Å². The van der Waals surface area contributed by atoms with E-state index in [0.717, 1.165) is 0 Å². The molecule has 6 nitrogen and oxygen atoms in total. The Balaban J connectivity index is -0.000000405. The first-order valence-corrected chi connectivity index (χ1v) is 2.28. The summed E-state index contributed by atoms with van der Waals surface area (Å²) in [6.45, 7) is 0. The number of aliphatic hydroxyl groups is 2. The van der Waals surface area contributed by atoms with E-state index in [0.29, 0.717) is 0 Å². The standard InChI is InChI=1S/C4H6O6.Li.Tl.H/c5-1(3(7)8)2(6)4(9)10;;;/h1-2,5-6H,(H,7,8)(H,9,10);;;. The van der Waals surface area contributed by atoms with Gasteiger partial charge in [0.05, 0.1) is 0 Å². The average Bonchev–Trinajstić information content (AvgIpc) is 1.84. The Morgan fingerprint density at radius 1 is 0.917 bits per heavy atom. The summed E-state index contributed by atoms with van der Waals surface area (Å²) in [6.07, 6.45) is -4.53. The fourth-order valence-corrected chi connectivity index (χ4v) is 0.270. The molecule has 0 aliphatic carbocycles. The molecule has 0 aromatic rings. The third-order valence-electron chi connectivity index (χ3n) is 0.805. The van der Waals surface area contributed by atoms with Crippen LogP contribution in [0.2, 0.25) is 0 Å². The summed E-state index contributed by atoms with van der Waals surface area (Å²) >= 11 is 0. The summed E-state index contributed by atoms with van der Waals surface area (Å²) in [6, 6.07) is 0. The molecule has 0 saturated carbocycles. The van der Waals surface area contributed by atoms with E-state index in [1.165, 1.54) is 0 Å². The number of aliphatic hydroxyl groups excluding tert-OH is 2. The monoisotopic (exact) mass is 363 g/mol. The normalized spacial score (nSPS) is 13.2. The summed E-state index contributed by atoms with van der Waals surface area (Å²) in [5, 5.41) is 32.5. The van der Waals surface area contributed by atoms with E-state index in [-0.39, 0.29) is 46.2 Å². The molecule has 0 aliphatic heterocycles. The second-order valence-corrected chi connectivity index (χ2v) is 1.57. The van der Waals surface area contributed by atoms with Crippen molar-refractivity contribution in [1.29, 1.82) is 0 Å². The van der Waals surface area contributed by atoms with Gasteiger partial charge in [-0.15, -0.1) is 0 Å². The first-order valence-electron chi connectivity index (χ1n) is 2.28. The summed E-state index contributed by atoms with van der Waals surface area (Å²) in [4.78, 5) is 19.5. The van der Waals surface area contributed by atoms with Crippen molar-refractivity contribution in [2.75, 3.05) is 0 Å².